The van der Waals surface area contributed by atoms with Crippen LogP contribution in [0.3, 0.4) is 0 Å². The Morgan fingerprint density at radius 1 is 1.32 bits per heavy atom. The van der Waals surface area contributed by atoms with Crippen molar-refractivity contribution in [2.24, 2.45) is 0 Å². The number of pyridine rings is 1. The number of hydrogen-bond acceptors (Lipinski definition) is 3. The van der Waals surface area contributed by atoms with Gasteiger partial charge in [0.15, 0.2) is 0 Å². The molecule has 1 aromatic carbocycles. The van der Waals surface area contributed by atoms with Gasteiger partial charge in [0.05, 0.1) is 32.7 Å². The molecule has 1 aromatic heterocycles. The van der Waals surface area contributed by atoms with Crippen LogP contribution in [0.15, 0.2) is 52.0 Å². The Balaban J connectivity index is 2.33. The summed E-state index contributed by atoms with van der Waals surface area (Å²) in [4.78, 5) is 15.5. The quantitative estimate of drug-likeness (QED) is 0.929. The smallest absolute Gasteiger partial charge is 0.336 e. The number of carboxylic acid groups (broad SMARTS) is 1. The lowest BCUT2D eigenvalue weighted by Crippen LogP contribution is -2.06. The van der Waals surface area contributed by atoms with Crippen LogP contribution in [0.1, 0.15) is 16.1 Å². The van der Waals surface area contributed by atoms with E-state index in [0.717, 1.165) is 0 Å². The van der Waals surface area contributed by atoms with Crippen molar-refractivity contribution in [2.75, 3.05) is 0 Å². The highest BCUT2D eigenvalue weighted by Gasteiger charge is 2.16. The minimum atomic E-state index is -1.45. The zero-order chi connectivity index (χ0) is 13.8. The Labute approximate surface area is 121 Å². The maximum atomic E-state index is 12.3. The van der Waals surface area contributed by atoms with E-state index in [9.17, 15) is 9.00 Å². The van der Waals surface area contributed by atoms with Crippen LogP contribution in [0, 0.1) is 0 Å². The predicted molar refractivity (Wildman–Crippen MR) is 75.5 cm³/mol. The molecular formula is C13H10BrNO3S. The minimum Gasteiger partial charge on any atom is -0.478 e. The summed E-state index contributed by atoms with van der Waals surface area (Å²) in [7, 11) is -1.45. The van der Waals surface area contributed by atoms with Crippen molar-refractivity contribution in [1.82, 2.24) is 4.98 Å². The summed E-state index contributed by atoms with van der Waals surface area (Å²) in [6, 6.07) is 9.97. The highest BCUT2D eigenvalue weighted by Crippen LogP contribution is 2.21. The standard InChI is InChI=1S/C13H10BrNO3S/c14-9-4-5-11(13(16)17)12(7-9)19(18)8-10-3-1-2-6-15-10/h1-7H,8H2,(H,16,17). The zero-order valence-corrected chi connectivity index (χ0v) is 12.1. The molecule has 0 aliphatic carbocycles. The van der Waals surface area contributed by atoms with Gasteiger partial charge < -0.3 is 5.11 Å². The number of aromatic nitrogens is 1. The molecular weight excluding hydrogens is 330 g/mol. The molecule has 0 spiro atoms. The number of carboxylic acids is 1. The molecule has 0 bridgehead atoms. The van der Waals surface area contributed by atoms with E-state index >= 15 is 0 Å². The van der Waals surface area contributed by atoms with Crippen LogP contribution in [-0.4, -0.2) is 20.3 Å². The maximum Gasteiger partial charge on any atom is 0.336 e. The summed E-state index contributed by atoms with van der Waals surface area (Å²) < 4.78 is 13.0. The first-order valence-corrected chi connectivity index (χ1v) is 7.50. The Morgan fingerprint density at radius 2 is 2.11 bits per heavy atom. The van der Waals surface area contributed by atoms with Gasteiger partial charge in [0.25, 0.3) is 0 Å². The van der Waals surface area contributed by atoms with Crippen LogP contribution >= 0.6 is 15.9 Å². The molecule has 0 radical (unpaired) electrons. The van der Waals surface area contributed by atoms with Crippen LogP contribution < -0.4 is 0 Å². The highest BCUT2D eigenvalue weighted by atomic mass is 79.9. The summed E-state index contributed by atoms with van der Waals surface area (Å²) >= 11 is 3.26. The lowest BCUT2D eigenvalue weighted by molar-refractivity contribution is 0.0693. The van der Waals surface area contributed by atoms with Gasteiger partial charge in [-0.1, -0.05) is 22.0 Å². The molecule has 0 aliphatic heterocycles. The lowest BCUT2D eigenvalue weighted by atomic mass is 10.2. The van der Waals surface area contributed by atoms with Crippen molar-refractivity contribution in [3.63, 3.8) is 0 Å². The van der Waals surface area contributed by atoms with Crippen LogP contribution in [0.25, 0.3) is 0 Å². The third kappa shape index (κ3) is 3.48. The summed E-state index contributed by atoms with van der Waals surface area (Å²) in [6.07, 6.45) is 1.62. The van der Waals surface area contributed by atoms with E-state index in [4.69, 9.17) is 5.11 Å². The molecule has 98 valence electrons. The highest BCUT2D eigenvalue weighted by molar-refractivity contribution is 9.10. The predicted octanol–water partition coefficient (Wildman–Crippen LogP) is 2.85. The van der Waals surface area contributed by atoms with E-state index in [0.29, 0.717) is 15.1 Å². The van der Waals surface area contributed by atoms with E-state index in [-0.39, 0.29) is 11.3 Å². The van der Waals surface area contributed by atoms with Crippen LogP contribution in [0.4, 0.5) is 0 Å². The second-order valence-electron chi connectivity index (χ2n) is 3.76. The van der Waals surface area contributed by atoms with Gasteiger partial charge in [-0.25, -0.2) is 4.79 Å². The van der Waals surface area contributed by atoms with Crippen LogP contribution in [-0.2, 0) is 16.6 Å². The second-order valence-corrected chi connectivity index (χ2v) is 6.09. The monoisotopic (exact) mass is 339 g/mol. The van der Waals surface area contributed by atoms with Crippen molar-refractivity contribution < 1.29 is 14.1 Å². The SMILES string of the molecule is O=C(O)c1ccc(Br)cc1S(=O)Cc1ccccn1. The van der Waals surface area contributed by atoms with Crippen molar-refractivity contribution in [3.8, 4) is 0 Å². The van der Waals surface area contributed by atoms with E-state index in [1.54, 1.807) is 36.5 Å². The molecule has 0 fully saturated rings. The van der Waals surface area contributed by atoms with Gasteiger partial charge in [0, 0.05) is 10.7 Å². The van der Waals surface area contributed by atoms with Gasteiger partial charge in [-0.2, -0.15) is 0 Å². The van der Waals surface area contributed by atoms with E-state index < -0.39 is 16.8 Å². The van der Waals surface area contributed by atoms with E-state index in [1.165, 1.54) is 6.07 Å². The fourth-order valence-corrected chi connectivity index (χ4v) is 3.32. The Kier molecular flexibility index (Phi) is 4.44. The average molecular weight is 340 g/mol. The number of rotatable bonds is 4. The van der Waals surface area contributed by atoms with Gasteiger partial charge >= 0.3 is 5.97 Å². The van der Waals surface area contributed by atoms with E-state index in [1.807, 2.05) is 0 Å². The second kappa shape index (κ2) is 6.08. The minimum absolute atomic E-state index is 0.0532. The molecule has 6 heteroatoms. The van der Waals surface area contributed by atoms with Gasteiger partial charge in [0.1, 0.15) is 0 Å². The molecule has 1 unspecified atom stereocenters. The number of nitrogens with zero attached hydrogens (tertiary/aromatic N) is 1. The molecule has 1 N–H and O–H groups in total. The van der Waals surface area contributed by atoms with Gasteiger partial charge in [-0.05, 0) is 30.3 Å². The Hall–Kier alpha value is -1.53. The first-order valence-electron chi connectivity index (χ1n) is 5.39. The molecule has 4 nitrogen and oxygen atoms in total. The third-order valence-corrected chi connectivity index (χ3v) is 4.30. The number of benzene rings is 1. The van der Waals surface area contributed by atoms with Crippen molar-refractivity contribution >= 4 is 32.7 Å². The summed E-state index contributed by atoms with van der Waals surface area (Å²) in [5.74, 6) is -0.894. The van der Waals surface area contributed by atoms with E-state index in [2.05, 4.69) is 20.9 Å². The first-order chi connectivity index (χ1) is 9.08. The average Bonchev–Trinajstić information content (AvgIpc) is 2.39. The molecule has 1 atom stereocenters. The largest absolute Gasteiger partial charge is 0.478 e. The van der Waals surface area contributed by atoms with Gasteiger partial charge in [0.2, 0.25) is 0 Å². The molecule has 1 heterocycles. The number of halogens is 1. The van der Waals surface area contributed by atoms with Crippen molar-refractivity contribution in [2.45, 2.75) is 10.6 Å². The van der Waals surface area contributed by atoms with Crippen molar-refractivity contribution in [3.05, 3.63) is 58.3 Å². The fourth-order valence-electron chi connectivity index (χ4n) is 1.56. The van der Waals surface area contributed by atoms with Crippen LogP contribution in [0.2, 0.25) is 0 Å². The number of hydrogen-bond donors (Lipinski definition) is 1. The van der Waals surface area contributed by atoms with Crippen LogP contribution in [0.5, 0.6) is 0 Å². The molecule has 0 aliphatic rings. The molecule has 0 saturated heterocycles. The zero-order valence-electron chi connectivity index (χ0n) is 9.75. The van der Waals surface area contributed by atoms with Gasteiger partial charge in [-0.3, -0.25) is 9.19 Å². The topological polar surface area (TPSA) is 67.3 Å². The fraction of sp³-hybridized carbons (Fsp3) is 0.0769. The lowest BCUT2D eigenvalue weighted by Gasteiger charge is -2.06. The Morgan fingerprint density at radius 3 is 2.74 bits per heavy atom. The molecule has 2 aromatic rings. The number of aromatic carboxylic acids is 1. The Bertz CT molecular complexity index is 631. The molecule has 2 rings (SSSR count). The third-order valence-electron chi connectivity index (χ3n) is 2.42. The van der Waals surface area contributed by atoms with Gasteiger partial charge in [-0.15, -0.1) is 0 Å². The normalized spacial score (nSPS) is 12.1. The van der Waals surface area contributed by atoms with Crippen molar-refractivity contribution in [1.29, 1.82) is 0 Å². The summed E-state index contributed by atoms with van der Waals surface area (Å²) in [5, 5.41) is 9.11. The summed E-state index contributed by atoms with van der Waals surface area (Å²) in [5.41, 5.74) is 0.717. The number of carbonyl (C=O) groups is 1. The molecule has 19 heavy (non-hydrogen) atoms. The summed E-state index contributed by atoms with van der Waals surface area (Å²) in [6.45, 7) is 0. The molecule has 0 saturated carbocycles. The first kappa shape index (κ1) is 13.9. The molecule has 0 amide bonds. The maximum absolute atomic E-state index is 12.3.